The smallest absolute Gasteiger partial charge is 0.410 e. The number of halogens is 2. The third-order valence-corrected chi connectivity index (χ3v) is 7.60. The van der Waals surface area contributed by atoms with Crippen LogP contribution in [0.5, 0.6) is 11.8 Å². The first-order chi connectivity index (χ1) is 18.6. The van der Waals surface area contributed by atoms with Crippen LogP contribution in [-0.4, -0.2) is 67.9 Å². The van der Waals surface area contributed by atoms with Crippen molar-refractivity contribution in [3.05, 3.63) is 47.4 Å². The monoisotopic (exact) mass is 553 g/mol. The predicted molar refractivity (Wildman–Crippen MR) is 141 cm³/mol. The minimum absolute atomic E-state index is 0.00690. The van der Waals surface area contributed by atoms with E-state index in [1.54, 1.807) is 17.3 Å². The Morgan fingerprint density at radius 1 is 1.18 bits per heavy atom. The number of benzene rings is 1. The van der Waals surface area contributed by atoms with Crippen LogP contribution in [0.3, 0.4) is 0 Å². The number of aromatic nitrogens is 5. The van der Waals surface area contributed by atoms with Gasteiger partial charge in [-0.1, -0.05) is 16.7 Å². The molecule has 12 heteroatoms. The molecule has 1 amide bonds. The van der Waals surface area contributed by atoms with Crippen molar-refractivity contribution in [1.82, 2.24) is 30.0 Å². The summed E-state index contributed by atoms with van der Waals surface area (Å²) in [7, 11) is 0. The lowest BCUT2D eigenvalue weighted by Crippen LogP contribution is -2.60. The zero-order valence-corrected chi connectivity index (χ0v) is 22.8. The van der Waals surface area contributed by atoms with Crippen LogP contribution in [0.25, 0.3) is 11.1 Å². The maximum atomic E-state index is 14.6. The van der Waals surface area contributed by atoms with E-state index in [1.165, 1.54) is 18.5 Å². The molecule has 2 aliphatic heterocycles. The molecule has 39 heavy (non-hydrogen) atoms. The molecule has 0 unspecified atom stereocenters. The second-order valence-corrected chi connectivity index (χ2v) is 11.9. The molecule has 4 heterocycles. The van der Waals surface area contributed by atoms with Gasteiger partial charge in [0, 0.05) is 54.8 Å². The lowest BCUT2D eigenvalue weighted by molar-refractivity contribution is -0.0266. The fourth-order valence-electron chi connectivity index (χ4n) is 5.26. The van der Waals surface area contributed by atoms with Crippen LogP contribution in [0.15, 0.2) is 30.9 Å². The van der Waals surface area contributed by atoms with Crippen LogP contribution in [0.1, 0.15) is 51.6 Å². The summed E-state index contributed by atoms with van der Waals surface area (Å²) in [5, 5.41) is 8.08. The molecule has 3 fully saturated rings. The highest BCUT2D eigenvalue weighted by Crippen LogP contribution is 2.47. The summed E-state index contributed by atoms with van der Waals surface area (Å²) in [4.78, 5) is 29.4. The van der Waals surface area contributed by atoms with Gasteiger partial charge in [-0.05, 0) is 52.2 Å². The van der Waals surface area contributed by atoms with Gasteiger partial charge in [0.15, 0.2) is 5.82 Å². The summed E-state index contributed by atoms with van der Waals surface area (Å²) in [6.07, 6.45) is 7.36. The molecule has 2 saturated heterocycles. The lowest BCUT2D eigenvalue weighted by atomic mass is 9.79. The predicted octanol–water partition coefficient (Wildman–Crippen LogP) is 5.24. The number of anilines is 1. The average molecular weight is 554 g/mol. The average Bonchev–Trinajstić information content (AvgIpc) is 3.62. The lowest BCUT2D eigenvalue weighted by Gasteiger charge is -2.47. The summed E-state index contributed by atoms with van der Waals surface area (Å²) in [5.41, 5.74) is 1.28. The zero-order valence-electron chi connectivity index (χ0n) is 22.0. The first kappa shape index (κ1) is 25.7. The third kappa shape index (κ3) is 5.19. The van der Waals surface area contributed by atoms with E-state index in [4.69, 9.17) is 21.1 Å². The highest BCUT2D eigenvalue weighted by Gasteiger charge is 2.50. The summed E-state index contributed by atoms with van der Waals surface area (Å²) < 4.78 is 26.1. The van der Waals surface area contributed by atoms with Crippen molar-refractivity contribution in [3.8, 4) is 22.9 Å². The van der Waals surface area contributed by atoms with Gasteiger partial charge < -0.3 is 19.3 Å². The molecule has 1 aliphatic carbocycles. The summed E-state index contributed by atoms with van der Waals surface area (Å²) in [6.45, 7) is 8.36. The van der Waals surface area contributed by atoms with E-state index in [-0.39, 0.29) is 28.5 Å². The number of ether oxygens (including phenoxy) is 2. The number of hydrogen-bond donors (Lipinski definition) is 0. The summed E-state index contributed by atoms with van der Waals surface area (Å²) in [5.74, 6) is 0.628. The molecule has 0 bridgehead atoms. The maximum Gasteiger partial charge on any atom is 0.410 e. The Hall–Kier alpha value is -3.60. The number of nitrogens with zero attached hydrogens (tertiary/aromatic N) is 7. The first-order valence-electron chi connectivity index (χ1n) is 13.0. The molecule has 0 N–H and O–H groups in total. The number of carbonyl (C=O) groups excluding carboxylic acids is 1. The van der Waals surface area contributed by atoms with Gasteiger partial charge in [0.25, 0.3) is 0 Å². The normalized spacial score (nSPS) is 18.3. The van der Waals surface area contributed by atoms with Crippen LogP contribution < -0.4 is 9.64 Å². The van der Waals surface area contributed by atoms with E-state index in [0.717, 1.165) is 38.0 Å². The second kappa shape index (κ2) is 9.55. The van der Waals surface area contributed by atoms with Gasteiger partial charge in [0.05, 0.1) is 16.9 Å². The van der Waals surface area contributed by atoms with Crippen LogP contribution in [0.2, 0.25) is 5.02 Å². The Bertz CT molecular complexity index is 1420. The molecule has 2 aromatic heterocycles. The topological polar surface area (TPSA) is 106 Å². The van der Waals surface area contributed by atoms with Gasteiger partial charge in [-0.15, -0.1) is 0 Å². The summed E-state index contributed by atoms with van der Waals surface area (Å²) in [6, 6.07) is 2.77. The Labute approximate surface area is 230 Å². The van der Waals surface area contributed by atoms with Crippen LogP contribution in [0, 0.1) is 11.2 Å². The van der Waals surface area contributed by atoms with Crippen molar-refractivity contribution in [2.45, 2.75) is 51.6 Å². The molecule has 1 aromatic carbocycles. The van der Waals surface area contributed by atoms with Gasteiger partial charge in [0.1, 0.15) is 23.5 Å². The highest BCUT2D eigenvalue weighted by atomic mass is 35.5. The Kier molecular flexibility index (Phi) is 6.28. The van der Waals surface area contributed by atoms with Gasteiger partial charge in [-0.2, -0.15) is 10.1 Å². The molecule has 204 valence electrons. The van der Waals surface area contributed by atoms with E-state index in [0.29, 0.717) is 35.8 Å². The highest BCUT2D eigenvalue weighted by molar-refractivity contribution is 6.34. The minimum Gasteiger partial charge on any atom is -0.444 e. The van der Waals surface area contributed by atoms with Gasteiger partial charge in [-0.3, -0.25) is 0 Å². The number of hydrogen-bond acceptors (Lipinski definition) is 9. The van der Waals surface area contributed by atoms with Crippen molar-refractivity contribution < 1.29 is 18.7 Å². The standard InChI is InChI=1S/C27H29ClFN7O3/c1-26(2,3)39-25(37)36-13-27(14-36)8-9-35(12-27)20-11-32-34-24(33-20)38-19-7-6-18(29)22(28)21(19)17-10-30-15-31-23(17)16-4-5-16/h6-7,10-11,15-16H,4-5,8-9,12-14H2,1-3H3. The molecule has 3 aromatic rings. The molecule has 0 radical (unpaired) electrons. The first-order valence-corrected chi connectivity index (χ1v) is 13.4. The number of likely N-dealkylation sites (tertiary alicyclic amines) is 1. The van der Waals surface area contributed by atoms with E-state index in [1.807, 2.05) is 20.8 Å². The minimum atomic E-state index is -0.569. The van der Waals surface area contributed by atoms with Crippen LogP contribution in [-0.2, 0) is 4.74 Å². The molecule has 3 aliphatic rings. The Morgan fingerprint density at radius 3 is 2.72 bits per heavy atom. The van der Waals surface area contributed by atoms with E-state index >= 15 is 0 Å². The number of rotatable bonds is 5. The Morgan fingerprint density at radius 2 is 1.97 bits per heavy atom. The van der Waals surface area contributed by atoms with Crippen LogP contribution in [0.4, 0.5) is 15.0 Å². The van der Waals surface area contributed by atoms with Gasteiger partial charge in [0.2, 0.25) is 0 Å². The molecule has 1 saturated carbocycles. The molecule has 1 spiro atoms. The van der Waals surface area contributed by atoms with E-state index < -0.39 is 11.4 Å². The van der Waals surface area contributed by atoms with Crippen molar-refractivity contribution >= 4 is 23.5 Å². The van der Waals surface area contributed by atoms with E-state index in [9.17, 15) is 9.18 Å². The molecular formula is C27H29ClFN7O3. The Balaban J connectivity index is 1.20. The zero-order chi connectivity index (χ0) is 27.4. The molecule has 0 atom stereocenters. The van der Waals surface area contributed by atoms with Crippen molar-refractivity contribution in [1.29, 1.82) is 0 Å². The quantitative estimate of drug-likeness (QED) is 0.419. The maximum absolute atomic E-state index is 14.6. The van der Waals surface area contributed by atoms with Crippen LogP contribution >= 0.6 is 11.6 Å². The van der Waals surface area contributed by atoms with Crippen molar-refractivity contribution in [3.63, 3.8) is 0 Å². The summed E-state index contributed by atoms with van der Waals surface area (Å²) >= 11 is 6.44. The van der Waals surface area contributed by atoms with Crippen molar-refractivity contribution in [2.24, 2.45) is 5.41 Å². The second-order valence-electron chi connectivity index (χ2n) is 11.5. The molecule has 10 nitrogen and oxygen atoms in total. The van der Waals surface area contributed by atoms with Crippen molar-refractivity contribution in [2.75, 3.05) is 31.1 Å². The largest absolute Gasteiger partial charge is 0.444 e. The fourth-order valence-corrected chi connectivity index (χ4v) is 5.52. The fraction of sp³-hybridized carbons (Fsp3) is 0.481. The SMILES string of the molecule is CC(C)(C)OC(=O)N1CC2(CCN(c3cnnc(Oc4ccc(F)c(Cl)c4-c4cncnc4C4CC4)n3)C2)C1. The third-order valence-electron chi connectivity index (χ3n) is 7.23. The molecule has 6 rings (SSSR count). The van der Waals surface area contributed by atoms with E-state index in [2.05, 4.69) is 30.0 Å². The van der Waals surface area contributed by atoms with Gasteiger partial charge in [-0.25, -0.2) is 19.2 Å². The van der Waals surface area contributed by atoms with Gasteiger partial charge >= 0.3 is 12.1 Å². The molecular weight excluding hydrogens is 525 g/mol. The number of amides is 1. The number of carbonyl (C=O) groups is 1.